The Kier molecular flexibility index (Phi) is 6.34. The van der Waals surface area contributed by atoms with E-state index < -0.39 is 0 Å². The van der Waals surface area contributed by atoms with Crippen LogP contribution in [0.5, 0.6) is 0 Å². The van der Waals surface area contributed by atoms with E-state index in [4.69, 9.17) is 27.9 Å². The van der Waals surface area contributed by atoms with Gasteiger partial charge in [0.15, 0.2) is 0 Å². The van der Waals surface area contributed by atoms with Gasteiger partial charge >= 0.3 is 0 Å². The van der Waals surface area contributed by atoms with Crippen LogP contribution in [0.4, 0.5) is 0 Å². The van der Waals surface area contributed by atoms with E-state index in [1.54, 1.807) is 0 Å². The molecule has 2 atom stereocenters. The Bertz CT molecular complexity index is 493. The van der Waals surface area contributed by atoms with Crippen LogP contribution in [0.15, 0.2) is 18.2 Å². The second kappa shape index (κ2) is 8.02. The lowest BCUT2D eigenvalue weighted by Gasteiger charge is -2.26. The van der Waals surface area contributed by atoms with Gasteiger partial charge in [-0.25, -0.2) is 0 Å². The standard InChI is InChI=1S/C16H21Cl2NO2/c1-2-16(20)19-10-15-12(5-3-4-8-21-15)11-6-7-13(17)14(18)9-11/h6-7,9,12,15H,2-5,8,10H2,1H3,(H,19,20)/t12-,15-/m0/s1. The Hall–Kier alpha value is -0.770. The van der Waals surface area contributed by atoms with E-state index >= 15 is 0 Å². The zero-order valence-corrected chi connectivity index (χ0v) is 13.7. The minimum absolute atomic E-state index is 0.0137. The summed E-state index contributed by atoms with van der Waals surface area (Å²) in [6.45, 7) is 3.13. The highest BCUT2D eigenvalue weighted by molar-refractivity contribution is 6.42. The van der Waals surface area contributed by atoms with Crippen molar-refractivity contribution in [1.29, 1.82) is 0 Å². The first-order chi connectivity index (χ1) is 10.1. The average Bonchev–Trinajstić information content (AvgIpc) is 2.73. The van der Waals surface area contributed by atoms with Crippen molar-refractivity contribution in [2.45, 2.75) is 44.6 Å². The van der Waals surface area contributed by atoms with E-state index in [1.807, 2.05) is 25.1 Å². The van der Waals surface area contributed by atoms with Crippen LogP contribution in [0, 0.1) is 0 Å². The molecule has 2 rings (SSSR count). The number of hydrogen-bond acceptors (Lipinski definition) is 2. The van der Waals surface area contributed by atoms with Gasteiger partial charge in [0.05, 0.1) is 16.1 Å². The number of carbonyl (C=O) groups is 1. The normalized spacial score (nSPS) is 22.6. The SMILES string of the molecule is CCC(=O)NC[C@@H]1OCCCC[C@H]1c1ccc(Cl)c(Cl)c1. The van der Waals surface area contributed by atoms with Crippen molar-refractivity contribution in [2.24, 2.45) is 0 Å². The van der Waals surface area contributed by atoms with Gasteiger partial charge in [-0.1, -0.05) is 42.6 Å². The zero-order valence-electron chi connectivity index (χ0n) is 12.2. The predicted octanol–water partition coefficient (Wildman–Crippen LogP) is 4.17. The van der Waals surface area contributed by atoms with Gasteiger partial charge in [-0.3, -0.25) is 4.79 Å². The molecule has 3 nitrogen and oxygen atoms in total. The molecule has 0 bridgehead atoms. The number of halogens is 2. The van der Waals surface area contributed by atoms with Crippen molar-refractivity contribution in [3.8, 4) is 0 Å². The molecule has 116 valence electrons. The molecule has 1 aliphatic heterocycles. The first-order valence-electron chi connectivity index (χ1n) is 7.45. The molecular weight excluding hydrogens is 309 g/mol. The van der Waals surface area contributed by atoms with Gasteiger partial charge in [-0.15, -0.1) is 0 Å². The molecule has 0 aliphatic carbocycles. The van der Waals surface area contributed by atoms with Crippen molar-refractivity contribution in [1.82, 2.24) is 5.32 Å². The number of benzene rings is 1. The van der Waals surface area contributed by atoms with Crippen LogP contribution in [0.3, 0.4) is 0 Å². The van der Waals surface area contributed by atoms with Crippen LogP contribution < -0.4 is 5.32 Å². The highest BCUT2D eigenvalue weighted by atomic mass is 35.5. The van der Waals surface area contributed by atoms with Crippen LogP contribution in [-0.4, -0.2) is 25.2 Å². The Morgan fingerprint density at radius 3 is 2.86 bits per heavy atom. The van der Waals surface area contributed by atoms with E-state index in [9.17, 15) is 4.79 Å². The van der Waals surface area contributed by atoms with Crippen molar-refractivity contribution in [2.75, 3.05) is 13.2 Å². The van der Waals surface area contributed by atoms with Crippen molar-refractivity contribution < 1.29 is 9.53 Å². The van der Waals surface area contributed by atoms with Crippen LogP contribution >= 0.6 is 23.2 Å². The third-order valence-electron chi connectivity index (χ3n) is 3.88. The van der Waals surface area contributed by atoms with Crippen LogP contribution in [-0.2, 0) is 9.53 Å². The minimum atomic E-state index is -0.0137. The second-order valence-corrected chi connectivity index (χ2v) is 6.16. The molecule has 1 aromatic carbocycles. The lowest BCUT2D eigenvalue weighted by atomic mass is 9.89. The summed E-state index contributed by atoms with van der Waals surface area (Å²) in [4.78, 5) is 11.5. The average molecular weight is 330 g/mol. The molecule has 1 aromatic rings. The maximum absolute atomic E-state index is 11.5. The summed E-state index contributed by atoms with van der Waals surface area (Å²) in [6, 6.07) is 5.74. The summed E-state index contributed by atoms with van der Waals surface area (Å²) < 4.78 is 5.94. The molecule has 0 unspecified atom stereocenters. The van der Waals surface area contributed by atoms with Crippen molar-refractivity contribution in [3.63, 3.8) is 0 Å². The smallest absolute Gasteiger partial charge is 0.219 e. The number of ether oxygens (including phenoxy) is 1. The summed E-state index contributed by atoms with van der Waals surface area (Å²) in [5.41, 5.74) is 1.13. The topological polar surface area (TPSA) is 38.3 Å². The van der Waals surface area contributed by atoms with Gasteiger partial charge in [0.25, 0.3) is 0 Å². The van der Waals surface area contributed by atoms with Gasteiger partial charge in [0.2, 0.25) is 5.91 Å². The van der Waals surface area contributed by atoms with Gasteiger partial charge in [-0.05, 0) is 30.5 Å². The Balaban J connectivity index is 2.14. The lowest BCUT2D eigenvalue weighted by Crippen LogP contribution is -2.36. The first kappa shape index (κ1) is 16.6. The van der Waals surface area contributed by atoms with E-state index in [2.05, 4.69) is 5.32 Å². The molecule has 0 aromatic heterocycles. The van der Waals surface area contributed by atoms with Crippen molar-refractivity contribution in [3.05, 3.63) is 33.8 Å². The largest absolute Gasteiger partial charge is 0.376 e. The molecule has 1 heterocycles. The predicted molar refractivity (Wildman–Crippen MR) is 86.1 cm³/mol. The number of nitrogens with one attached hydrogen (secondary N) is 1. The molecule has 1 aliphatic rings. The van der Waals surface area contributed by atoms with E-state index in [-0.39, 0.29) is 17.9 Å². The molecule has 1 fully saturated rings. The summed E-state index contributed by atoms with van der Waals surface area (Å²) in [7, 11) is 0. The molecule has 0 saturated carbocycles. The number of amides is 1. The van der Waals surface area contributed by atoms with Gasteiger partial charge in [-0.2, -0.15) is 0 Å². The molecule has 0 radical (unpaired) electrons. The third kappa shape index (κ3) is 4.60. The van der Waals surface area contributed by atoms with E-state index in [1.165, 1.54) is 0 Å². The summed E-state index contributed by atoms with van der Waals surface area (Å²) >= 11 is 12.1. The maximum atomic E-state index is 11.5. The number of hydrogen-bond donors (Lipinski definition) is 1. The van der Waals surface area contributed by atoms with E-state index in [0.717, 1.165) is 31.4 Å². The van der Waals surface area contributed by atoms with Crippen LogP contribution in [0.1, 0.15) is 44.1 Å². The fourth-order valence-corrected chi connectivity index (χ4v) is 2.97. The summed E-state index contributed by atoms with van der Waals surface area (Å²) in [5.74, 6) is 0.287. The highest BCUT2D eigenvalue weighted by Gasteiger charge is 2.26. The number of rotatable bonds is 4. The Morgan fingerprint density at radius 2 is 2.14 bits per heavy atom. The Morgan fingerprint density at radius 1 is 1.33 bits per heavy atom. The van der Waals surface area contributed by atoms with E-state index in [0.29, 0.717) is 23.0 Å². The Labute approximate surface area is 136 Å². The fourth-order valence-electron chi connectivity index (χ4n) is 2.67. The summed E-state index contributed by atoms with van der Waals surface area (Å²) in [5, 5.41) is 4.06. The molecular formula is C16H21Cl2NO2. The molecule has 1 saturated heterocycles. The molecule has 0 spiro atoms. The summed E-state index contributed by atoms with van der Waals surface area (Å²) in [6.07, 6.45) is 3.67. The van der Waals surface area contributed by atoms with Crippen LogP contribution in [0.25, 0.3) is 0 Å². The second-order valence-electron chi connectivity index (χ2n) is 5.34. The maximum Gasteiger partial charge on any atom is 0.219 e. The van der Waals surface area contributed by atoms with Gasteiger partial charge in [0.1, 0.15) is 0 Å². The minimum Gasteiger partial charge on any atom is -0.376 e. The first-order valence-corrected chi connectivity index (χ1v) is 8.20. The van der Waals surface area contributed by atoms with Gasteiger partial charge in [0, 0.05) is 25.5 Å². The highest BCUT2D eigenvalue weighted by Crippen LogP contribution is 2.33. The molecule has 1 amide bonds. The van der Waals surface area contributed by atoms with Crippen LogP contribution in [0.2, 0.25) is 10.0 Å². The lowest BCUT2D eigenvalue weighted by molar-refractivity contribution is -0.121. The number of carbonyl (C=O) groups excluding carboxylic acids is 1. The fraction of sp³-hybridized carbons (Fsp3) is 0.562. The quantitative estimate of drug-likeness (QED) is 0.900. The molecule has 21 heavy (non-hydrogen) atoms. The monoisotopic (exact) mass is 329 g/mol. The van der Waals surface area contributed by atoms with Gasteiger partial charge < -0.3 is 10.1 Å². The zero-order chi connectivity index (χ0) is 15.2. The molecule has 5 heteroatoms. The van der Waals surface area contributed by atoms with Crippen molar-refractivity contribution >= 4 is 29.1 Å². The molecule has 1 N–H and O–H groups in total. The third-order valence-corrected chi connectivity index (χ3v) is 4.62.